The van der Waals surface area contributed by atoms with Gasteiger partial charge in [-0.25, -0.2) is 9.59 Å². The molecule has 0 spiro atoms. The van der Waals surface area contributed by atoms with Crippen LogP contribution in [0.1, 0.15) is 73.2 Å². The number of ether oxygens (including phenoxy) is 6. The summed E-state index contributed by atoms with van der Waals surface area (Å²) in [6, 6.07) is 11.7. The van der Waals surface area contributed by atoms with E-state index in [1.54, 1.807) is 63.3 Å². The highest BCUT2D eigenvalue weighted by Gasteiger charge is 2.46. The molecule has 246 valence electrons. The van der Waals surface area contributed by atoms with Crippen molar-refractivity contribution in [2.75, 3.05) is 27.1 Å². The number of aliphatic hydroxyl groups is 1. The Morgan fingerprint density at radius 3 is 2.49 bits per heavy atom. The van der Waals surface area contributed by atoms with Crippen LogP contribution in [0.4, 0.5) is 0 Å². The van der Waals surface area contributed by atoms with Gasteiger partial charge in [0.25, 0.3) is 0 Å². The summed E-state index contributed by atoms with van der Waals surface area (Å²) in [5, 5.41) is 23.1. The Labute approximate surface area is 263 Å². The zero-order valence-electron chi connectivity index (χ0n) is 26.4. The number of nitrogens with zero attached hydrogens (tertiary/aromatic N) is 2. The summed E-state index contributed by atoms with van der Waals surface area (Å²) >= 11 is 0. The van der Waals surface area contributed by atoms with E-state index in [0.717, 1.165) is 0 Å². The summed E-state index contributed by atoms with van der Waals surface area (Å²) in [6.45, 7) is 7.12. The molecule has 1 unspecified atom stereocenters. The normalized spacial score (nSPS) is 19.5. The number of esters is 1. The lowest BCUT2D eigenvalue weighted by molar-refractivity contribution is -0.156. The summed E-state index contributed by atoms with van der Waals surface area (Å²) in [4.78, 5) is 25.4. The minimum atomic E-state index is -1.21. The fraction of sp³-hybridized carbons (Fsp3) is 0.515. The molecule has 0 saturated carbocycles. The van der Waals surface area contributed by atoms with Crippen molar-refractivity contribution in [3.8, 4) is 11.5 Å². The number of rotatable bonds is 18. The van der Waals surface area contributed by atoms with Crippen LogP contribution in [0.5, 0.6) is 11.5 Å². The van der Waals surface area contributed by atoms with E-state index >= 15 is 0 Å². The smallest absolute Gasteiger partial charge is 0.340 e. The van der Waals surface area contributed by atoms with Crippen molar-refractivity contribution >= 4 is 18.0 Å². The minimum absolute atomic E-state index is 0.0301. The lowest BCUT2D eigenvalue weighted by Crippen LogP contribution is -2.39. The van der Waals surface area contributed by atoms with Crippen molar-refractivity contribution in [2.45, 2.75) is 77.2 Å². The van der Waals surface area contributed by atoms with E-state index in [1.807, 2.05) is 13.0 Å². The SMILES string of the molecule is COCOc1cc(OCCN=[N-])cc(/C=C/C[C@H]2OC(C)(C)O[C@@H]2C(CC[C@@H](C)[C@H](C)O)OC(=O)c2ccccc2)c1C(=O)O. The molecule has 0 radical (unpaired) electrons. The van der Waals surface area contributed by atoms with Gasteiger partial charge in [-0.05, 0) is 69.7 Å². The molecule has 0 aliphatic carbocycles. The first kappa shape index (κ1) is 35.6. The van der Waals surface area contributed by atoms with Crippen molar-refractivity contribution in [2.24, 2.45) is 11.0 Å². The third kappa shape index (κ3) is 10.6. The van der Waals surface area contributed by atoms with E-state index < -0.39 is 42.1 Å². The zero-order valence-corrected chi connectivity index (χ0v) is 26.4. The number of aliphatic hydroxyl groups excluding tert-OH is 1. The molecule has 1 aliphatic rings. The lowest BCUT2D eigenvalue weighted by atomic mass is 9.94. The Morgan fingerprint density at radius 1 is 1.11 bits per heavy atom. The summed E-state index contributed by atoms with van der Waals surface area (Å²) in [7, 11) is 1.42. The Bertz CT molecular complexity index is 1300. The number of methoxy groups -OCH3 is 1. The molecule has 3 rings (SSSR count). The van der Waals surface area contributed by atoms with Crippen LogP contribution in [0.2, 0.25) is 0 Å². The van der Waals surface area contributed by atoms with Gasteiger partial charge in [-0.3, -0.25) is 0 Å². The van der Waals surface area contributed by atoms with Gasteiger partial charge in [-0.1, -0.05) is 37.3 Å². The van der Waals surface area contributed by atoms with Crippen molar-refractivity contribution in [3.63, 3.8) is 0 Å². The molecule has 2 N–H and O–H groups in total. The summed E-state index contributed by atoms with van der Waals surface area (Å²) in [6.07, 6.45) is 2.27. The monoisotopic (exact) mass is 627 g/mol. The summed E-state index contributed by atoms with van der Waals surface area (Å²) in [5.74, 6) is -2.36. The maximum absolute atomic E-state index is 13.1. The standard InChI is InChI=1S/C33H43N2O10/c1-21(22(2)36)14-15-26(43-32(39)23-10-7-6-8-11-23)30-27(44-33(3,4)45-30)13-9-12-24-18-25(41-17-16-35-34)19-28(42-20-40-5)29(24)31(37)38/h6-12,18-19,21-22,26-27,30,36H,13-17,20H2,1-5H3,(H,37,38)/q-1/b12-9+/t21-,22+,26?,27-,30-/m1/s1. The highest BCUT2D eigenvalue weighted by Crippen LogP contribution is 2.36. The van der Waals surface area contributed by atoms with E-state index in [2.05, 4.69) is 5.11 Å². The molecule has 0 amide bonds. The van der Waals surface area contributed by atoms with E-state index in [0.29, 0.717) is 36.1 Å². The zero-order chi connectivity index (χ0) is 33.0. The molecule has 1 saturated heterocycles. The molecular weight excluding hydrogens is 584 g/mol. The minimum Gasteiger partial charge on any atom is -0.712 e. The predicted molar refractivity (Wildman–Crippen MR) is 165 cm³/mol. The lowest BCUT2D eigenvalue weighted by Gasteiger charge is -2.28. The van der Waals surface area contributed by atoms with Crippen LogP contribution in [0.15, 0.2) is 53.7 Å². The maximum atomic E-state index is 13.1. The van der Waals surface area contributed by atoms with Crippen LogP contribution >= 0.6 is 0 Å². The van der Waals surface area contributed by atoms with Crippen molar-refractivity contribution in [1.29, 1.82) is 0 Å². The van der Waals surface area contributed by atoms with Gasteiger partial charge >= 0.3 is 11.9 Å². The number of carboxylic acids is 1. The van der Waals surface area contributed by atoms with Crippen LogP contribution < -0.4 is 9.47 Å². The summed E-state index contributed by atoms with van der Waals surface area (Å²) in [5.41, 5.74) is 9.37. The fourth-order valence-electron chi connectivity index (χ4n) is 4.92. The number of carbonyl (C=O) groups is 2. The van der Waals surface area contributed by atoms with Gasteiger partial charge in [0, 0.05) is 19.7 Å². The van der Waals surface area contributed by atoms with Crippen LogP contribution in [0, 0.1) is 5.92 Å². The van der Waals surface area contributed by atoms with Gasteiger partial charge in [0.2, 0.25) is 0 Å². The van der Waals surface area contributed by atoms with Crippen LogP contribution in [0.25, 0.3) is 11.6 Å². The van der Waals surface area contributed by atoms with Crippen molar-refractivity contribution in [3.05, 3.63) is 70.8 Å². The molecule has 2 aromatic rings. The number of benzene rings is 2. The molecule has 2 aromatic carbocycles. The molecule has 1 aliphatic heterocycles. The second-order valence-corrected chi connectivity index (χ2v) is 11.3. The second-order valence-electron chi connectivity index (χ2n) is 11.3. The van der Waals surface area contributed by atoms with Gasteiger partial charge < -0.3 is 49.3 Å². The second kappa shape index (κ2) is 17.0. The Balaban J connectivity index is 1.90. The molecule has 0 bridgehead atoms. The van der Waals surface area contributed by atoms with Gasteiger partial charge in [0.1, 0.15) is 35.9 Å². The highest BCUT2D eigenvalue weighted by molar-refractivity contribution is 5.95. The third-order valence-electron chi connectivity index (χ3n) is 7.36. The topological polar surface area (TPSA) is 165 Å². The molecule has 1 fully saturated rings. The summed E-state index contributed by atoms with van der Waals surface area (Å²) < 4.78 is 34.6. The number of hydrogen-bond donors (Lipinski definition) is 2. The molecule has 45 heavy (non-hydrogen) atoms. The third-order valence-corrected chi connectivity index (χ3v) is 7.36. The molecule has 12 nitrogen and oxygen atoms in total. The molecular formula is C33H43N2O10-. The van der Waals surface area contributed by atoms with Crippen LogP contribution in [-0.2, 0) is 18.9 Å². The van der Waals surface area contributed by atoms with Crippen molar-refractivity contribution in [1.82, 2.24) is 0 Å². The van der Waals surface area contributed by atoms with Crippen LogP contribution in [-0.4, -0.2) is 79.4 Å². The van der Waals surface area contributed by atoms with Gasteiger partial charge in [-0.2, -0.15) is 0 Å². The maximum Gasteiger partial charge on any atom is 0.340 e. The molecule has 5 atom stereocenters. The van der Waals surface area contributed by atoms with E-state index in [4.69, 9.17) is 34.0 Å². The first-order chi connectivity index (χ1) is 21.5. The van der Waals surface area contributed by atoms with E-state index in [-0.39, 0.29) is 37.2 Å². The first-order valence-corrected chi connectivity index (χ1v) is 14.9. The Kier molecular flexibility index (Phi) is 13.5. The van der Waals surface area contributed by atoms with Gasteiger partial charge in [0.05, 0.1) is 17.8 Å². The Hall–Kier alpha value is -3.84. The predicted octanol–water partition coefficient (Wildman–Crippen LogP) is 5.71. The van der Waals surface area contributed by atoms with Gasteiger partial charge in [-0.15, -0.1) is 0 Å². The molecule has 1 heterocycles. The number of hydrogen-bond acceptors (Lipinski definition) is 10. The number of carboxylic acid groups (broad SMARTS) is 1. The van der Waals surface area contributed by atoms with Gasteiger partial charge in [0.15, 0.2) is 12.6 Å². The average molecular weight is 628 g/mol. The quantitative estimate of drug-likeness (QED) is 0.0904. The van der Waals surface area contributed by atoms with E-state index in [9.17, 15) is 19.8 Å². The first-order valence-electron chi connectivity index (χ1n) is 14.9. The molecule has 0 aromatic heterocycles. The average Bonchev–Trinajstić information content (AvgIpc) is 3.31. The fourth-order valence-corrected chi connectivity index (χ4v) is 4.92. The number of aromatic carboxylic acids is 1. The number of carbonyl (C=O) groups excluding carboxylic acids is 1. The molecule has 12 heteroatoms. The largest absolute Gasteiger partial charge is 0.712 e. The van der Waals surface area contributed by atoms with Crippen LogP contribution in [0.3, 0.4) is 0 Å². The highest BCUT2D eigenvalue weighted by atomic mass is 16.8. The van der Waals surface area contributed by atoms with Crippen molar-refractivity contribution < 1.29 is 48.2 Å². The van der Waals surface area contributed by atoms with E-state index in [1.165, 1.54) is 13.2 Å². The Morgan fingerprint density at radius 2 is 1.84 bits per heavy atom.